The minimum atomic E-state index is -0.999. The lowest BCUT2D eigenvalue weighted by Gasteiger charge is -2.19. The van der Waals surface area contributed by atoms with Crippen molar-refractivity contribution >= 4 is 18.0 Å². The fraction of sp³-hybridized carbons (Fsp3) is 0.400. The summed E-state index contributed by atoms with van der Waals surface area (Å²) in [6, 6.07) is 16.3. The van der Waals surface area contributed by atoms with E-state index in [1.165, 1.54) is 22.3 Å². The van der Waals surface area contributed by atoms with Crippen molar-refractivity contribution in [2.24, 2.45) is 5.41 Å². The molecule has 0 spiro atoms. The number of aliphatic carboxylic acids is 1. The van der Waals surface area contributed by atoms with Gasteiger partial charge in [-0.05, 0) is 48.9 Å². The zero-order valence-electron chi connectivity index (χ0n) is 18.5. The third kappa shape index (κ3) is 5.66. The van der Waals surface area contributed by atoms with Gasteiger partial charge in [-0.2, -0.15) is 0 Å². The highest BCUT2D eigenvalue weighted by Crippen LogP contribution is 2.44. The molecule has 1 aliphatic carbocycles. The summed E-state index contributed by atoms with van der Waals surface area (Å²) < 4.78 is 5.48. The lowest BCUT2D eigenvalue weighted by atomic mass is 9.94. The molecule has 0 saturated carbocycles. The Kier molecular flexibility index (Phi) is 7.51. The zero-order valence-corrected chi connectivity index (χ0v) is 18.5. The number of carbonyl (C=O) groups is 3. The Morgan fingerprint density at radius 1 is 0.938 bits per heavy atom. The molecule has 170 valence electrons. The average molecular weight is 439 g/mol. The average Bonchev–Trinajstić information content (AvgIpc) is 3.10. The van der Waals surface area contributed by atoms with E-state index >= 15 is 0 Å². The second kappa shape index (κ2) is 10.3. The number of alkyl carbamates (subject to hydrolysis) is 1. The van der Waals surface area contributed by atoms with E-state index in [1.807, 2.05) is 24.3 Å². The van der Waals surface area contributed by atoms with Crippen LogP contribution in [0.3, 0.4) is 0 Å². The van der Waals surface area contributed by atoms with E-state index in [0.29, 0.717) is 19.4 Å². The predicted molar refractivity (Wildman–Crippen MR) is 121 cm³/mol. The van der Waals surface area contributed by atoms with Crippen molar-refractivity contribution in [1.29, 1.82) is 0 Å². The Hall–Kier alpha value is -3.35. The van der Waals surface area contributed by atoms with Crippen molar-refractivity contribution in [2.45, 2.75) is 39.0 Å². The maximum absolute atomic E-state index is 12.1. The second-order valence-electron chi connectivity index (χ2n) is 8.68. The second-order valence-corrected chi connectivity index (χ2v) is 8.68. The number of hydrogen-bond donors (Lipinski definition) is 3. The van der Waals surface area contributed by atoms with Gasteiger partial charge >= 0.3 is 12.1 Å². The number of benzene rings is 2. The summed E-state index contributed by atoms with van der Waals surface area (Å²) in [7, 11) is 0. The van der Waals surface area contributed by atoms with Crippen LogP contribution in [-0.4, -0.2) is 42.8 Å². The topological polar surface area (TPSA) is 105 Å². The minimum absolute atomic E-state index is 0.0203. The van der Waals surface area contributed by atoms with Gasteiger partial charge in [0.1, 0.15) is 6.61 Å². The number of carbonyl (C=O) groups excluding carboxylic acids is 2. The van der Waals surface area contributed by atoms with Gasteiger partial charge in [0.05, 0.1) is 5.41 Å². The summed E-state index contributed by atoms with van der Waals surface area (Å²) in [6.07, 6.45) is 1.02. The highest BCUT2D eigenvalue weighted by atomic mass is 16.5. The number of rotatable bonds is 10. The summed E-state index contributed by atoms with van der Waals surface area (Å²) in [4.78, 5) is 35.0. The van der Waals surface area contributed by atoms with Crippen molar-refractivity contribution in [3.8, 4) is 11.1 Å². The molecule has 2 aromatic carbocycles. The van der Waals surface area contributed by atoms with Gasteiger partial charge in [-0.1, -0.05) is 48.5 Å². The van der Waals surface area contributed by atoms with Gasteiger partial charge in [-0.15, -0.1) is 0 Å². The molecular weight excluding hydrogens is 408 g/mol. The van der Waals surface area contributed by atoms with Crippen molar-refractivity contribution in [3.63, 3.8) is 0 Å². The molecule has 3 rings (SSSR count). The van der Waals surface area contributed by atoms with Crippen LogP contribution in [0.2, 0.25) is 0 Å². The van der Waals surface area contributed by atoms with Crippen molar-refractivity contribution in [1.82, 2.24) is 10.6 Å². The quantitative estimate of drug-likeness (QED) is 0.488. The van der Waals surface area contributed by atoms with E-state index < -0.39 is 17.5 Å². The van der Waals surface area contributed by atoms with Gasteiger partial charge in [-0.25, -0.2) is 4.79 Å². The van der Waals surface area contributed by atoms with Crippen LogP contribution < -0.4 is 10.6 Å². The summed E-state index contributed by atoms with van der Waals surface area (Å²) >= 11 is 0. The molecule has 0 saturated heterocycles. The van der Waals surface area contributed by atoms with E-state index in [4.69, 9.17) is 9.84 Å². The van der Waals surface area contributed by atoms with E-state index in [9.17, 15) is 14.4 Å². The van der Waals surface area contributed by atoms with Gasteiger partial charge in [-0.3, -0.25) is 9.59 Å². The first kappa shape index (κ1) is 23.3. The van der Waals surface area contributed by atoms with Crippen LogP contribution in [0.1, 0.15) is 50.2 Å². The first-order chi connectivity index (χ1) is 15.3. The van der Waals surface area contributed by atoms with Crippen LogP contribution in [0.4, 0.5) is 4.79 Å². The lowest BCUT2D eigenvalue weighted by molar-refractivity contribution is -0.146. The molecule has 0 fully saturated rings. The molecule has 0 aromatic heterocycles. The molecule has 0 atom stereocenters. The third-order valence-electron chi connectivity index (χ3n) is 5.75. The van der Waals surface area contributed by atoms with Crippen LogP contribution in [0.5, 0.6) is 0 Å². The van der Waals surface area contributed by atoms with Crippen molar-refractivity contribution in [2.75, 3.05) is 19.7 Å². The lowest BCUT2D eigenvalue weighted by Crippen LogP contribution is -2.38. The number of ether oxygens (including phenoxy) is 1. The van der Waals surface area contributed by atoms with Gasteiger partial charge in [0.2, 0.25) is 5.91 Å². The Morgan fingerprint density at radius 3 is 2.12 bits per heavy atom. The third-order valence-corrected chi connectivity index (χ3v) is 5.75. The van der Waals surface area contributed by atoms with E-state index in [2.05, 4.69) is 34.9 Å². The zero-order chi connectivity index (χ0) is 23.1. The molecule has 32 heavy (non-hydrogen) atoms. The number of carboxylic acids is 1. The summed E-state index contributed by atoms with van der Waals surface area (Å²) in [6.45, 7) is 3.88. The van der Waals surface area contributed by atoms with Gasteiger partial charge in [0, 0.05) is 25.4 Å². The van der Waals surface area contributed by atoms with E-state index in [1.54, 1.807) is 13.8 Å². The maximum atomic E-state index is 12.1. The molecule has 0 heterocycles. The van der Waals surface area contributed by atoms with Gasteiger partial charge in [0.25, 0.3) is 0 Å². The van der Waals surface area contributed by atoms with Gasteiger partial charge in [0.15, 0.2) is 0 Å². The SMILES string of the molecule is CC(C)(CNC(=O)CCCCNC(=O)OCC1c2ccccc2-c2ccccc21)C(=O)O. The highest BCUT2D eigenvalue weighted by molar-refractivity contribution is 5.79. The number of hydrogen-bond acceptors (Lipinski definition) is 4. The van der Waals surface area contributed by atoms with Crippen molar-refractivity contribution in [3.05, 3.63) is 59.7 Å². The van der Waals surface area contributed by atoms with Crippen molar-refractivity contribution < 1.29 is 24.2 Å². The molecule has 2 amide bonds. The highest BCUT2D eigenvalue weighted by Gasteiger charge is 2.29. The molecular formula is C25H30N2O5. The monoisotopic (exact) mass is 438 g/mol. The van der Waals surface area contributed by atoms with Crippen LogP contribution >= 0.6 is 0 Å². The summed E-state index contributed by atoms with van der Waals surface area (Å²) in [5.74, 6) is -1.13. The van der Waals surface area contributed by atoms with E-state index in [0.717, 1.165) is 0 Å². The molecule has 0 aliphatic heterocycles. The Morgan fingerprint density at radius 2 is 1.53 bits per heavy atom. The number of nitrogens with one attached hydrogen (secondary N) is 2. The van der Waals surface area contributed by atoms with Gasteiger partial charge < -0.3 is 20.5 Å². The largest absolute Gasteiger partial charge is 0.481 e. The number of fused-ring (bicyclic) bond motifs is 3. The predicted octanol–water partition coefficient (Wildman–Crippen LogP) is 3.92. The molecule has 0 radical (unpaired) electrons. The van der Waals surface area contributed by atoms with Crippen LogP contribution in [0.15, 0.2) is 48.5 Å². The van der Waals surface area contributed by atoms with Crippen LogP contribution in [-0.2, 0) is 14.3 Å². The number of unbranched alkanes of at least 4 members (excludes halogenated alkanes) is 1. The molecule has 7 heteroatoms. The number of amides is 2. The molecule has 0 bridgehead atoms. The molecule has 2 aromatic rings. The molecule has 1 aliphatic rings. The fourth-order valence-electron chi connectivity index (χ4n) is 3.73. The minimum Gasteiger partial charge on any atom is -0.481 e. The fourth-order valence-corrected chi connectivity index (χ4v) is 3.73. The Labute approximate surface area is 188 Å². The van der Waals surface area contributed by atoms with Crippen LogP contribution in [0, 0.1) is 5.41 Å². The molecule has 3 N–H and O–H groups in total. The normalized spacial score (nSPS) is 12.6. The first-order valence-corrected chi connectivity index (χ1v) is 10.9. The maximum Gasteiger partial charge on any atom is 0.407 e. The molecule has 7 nitrogen and oxygen atoms in total. The van der Waals surface area contributed by atoms with Crippen LogP contribution in [0.25, 0.3) is 11.1 Å². The summed E-state index contributed by atoms with van der Waals surface area (Å²) in [5, 5.41) is 14.4. The Balaban J connectivity index is 1.36. The first-order valence-electron chi connectivity index (χ1n) is 10.9. The Bertz CT molecular complexity index is 940. The van der Waals surface area contributed by atoms with E-state index in [-0.39, 0.29) is 31.4 Å². The standard InChI is InChI=1S/C25H30N2O5/c1-25(2,23(29)30)16-27-22(28)13-7-8-14-26-24(31)32-15-21-19-11-5-3-9-17(19)18-10-4-6-12-20(18)21/h3-6,9-12,21H,7-8,13-16H2,1-2H3,(H,26,31)(H,27,28)(H,29,30). The number of carboxylic acid groups (broad SMARTS) is 1. The smallest absolute Gasteiger partial charge is 0.407 e. The molecule has 0 unspecified atom stereocenters. The summed E-state index contributed by atoms with van der Waals surface area (Å²) in [5.41, 5.74) is 3.70.